The summed E-state index contributed by atoms with van der Waals surface area (Å²) in [6.07, 6.45) is 1.81. The van der Waals surface area contributed by atoms with E-state index >= 15 is 0 Å². The Morgan fingerprint density at radius 3 is 2.93 bits per heavy atom. The monoisotopic (exact) mass is 221 g/mol. The Balaban J connectivity index is 1.74. The molecule has 2 aliphatic heterocycles. The zero-order valence-electron chi connectivity index (χ0n) is 8.13. The summed E-state index contributed by atoms with van der Waals surface area (Å²) in [5.41, 5.74) is 0. The molecule has 0 aliphatic carbocycles. The van der Waals surface area contributed by atoms with Crippen LogP contribution in [0, 0.1) is 0 Å². The number of hydrogen-bond acceptors (Lipinski definition) is 3. The molecule has 2 aliphatic rings. The van der Waals surface area contributed by atoms with Gasteiger partial charge in [-0.15, -0.1) is 0 Å². The first-order valence-electron chi connectivity index (χ1n) is 5.05. The summed E-state index contributed by atoms with van der Waals surface area (Å²) in [6.45, 7) is 0. The highest BCUT2D eigenvalue weighted by molar-refractivity contribution is 7.97. The van der Waals surface area contributed by atoms with Crippen molar-refractivity contribution in [3.05, 3.63) is 30.3 Å². The molecule has 1 aromatic carbocycles. The van der Waals surface area contributed by atoms with Crippen molar-refractivity contribution in [3.8, 4) is 0 Å². The van der Waals surface area contributed by atoms with Crippen LogP contribution in [0.2, 0.25) is 0 Å². The number of hydrogen-bond donors (Lipinski definition) is 0. The molecular formula is C11H11NO2S. The van der Waals surface area contributed by atoms with Crippen LogP contribution < -0.4 is 0 Å². The van der Waals surface area contributed by atoms with E-state index in [4.69, 9.17) is 4.74 Å². The Labute approximate surface area is 92.5 Å². The maximum atomic E-state index is 11.7. The lowest BCUT2D eigenvalue weighted by molar-refractivity contribution is -0.128. The first-order chi connectivity index (χ1) is 7.34. The Bertz CT molecular complexity index is 381. The second kappa shape index (κ2) is 3.54. The largest absolute Gasteiger partial charge is 0.347 e. The summed E-state index contributed by atoms with van der Waals surface area (Å²) < 4.78 is 7.18. The quantitative estimate of drug-likeness (QED) is 0.566. The number of nitrogens with zero attached hydrogens (tertiary/aromatic N) is 1. The maximum absolute atomic E-state index is 11.7. The number of fused-ring (bicyclic) bond motifs is 1. The van der Waals surface area contributed by atoms with E-state index in [0.717, 1.165) is 11.3 Å². The molecule has 0 aromatic heterocycles. The minimum atomic E-state index is 0.0245. The third-order valence-electron chi connectivity index (χ3n) is 2.62. The normalized spacial score (nSPS) is 28.8. The van der Waals surface area contributed by atoms with Crippen LogP contribution in [0.3, 0.4) is 0 Å². The van der Waals surface area contributed by atoms with E-state index < -0.39 is 0 Å². The molecule has 3 rings (SSSR count). The summed E-state index contributed by atoms with van der Waals surface area (Å²) >= 11 is 1.48. The maximum Gasteiger partial charge on any atom is 0.235 e. The molecule has 2 atom stereocenters. The Morgan fingerprint density at radius 2 is 2.13 bits per heavy atom. The van der Waals surface area contributed by atoms with E-state index in [-0.39, 0.29) is 12.1 Å². The molecule has 78 valence electrons. The first kappa shape index (κ1) is 9.24. The van der Waals surface area contributed by atoms with Crippen molar-refractivity contribution in [2.75, 3.05) is 0 Å². The third kappa shape index (κ3) is 1.75. The average Bonchev–Trinajstić information content (AvgIpc) is 3.03. The van der Waals surface area contributed by atoms with Crippen molar-refractivity contribution in [3.63, 3.8) is 0 Å². The minimum absolute atomic E-state index is 0.0245. The number of benzene rings is 1. The number of rotatable bonds is 2. The number of ether oxygens (including phenoxy) is 1. The SMILES string of the molecule is O=C1CCC2OC2N1Sc1ccccc1. The van der Waals surface area contributed by atoms with Crippen molar-refractivity contribution >= 4 is 17.9 Å². The highest BCUT2D eigenvalue weighted by Crippen LogP contribution is 2.41. The highest BCUT2D eigenvalue weighted by atomic mass is 32.2. The van der Waals surface area contributed by atoms with Gasteiger partial charge in [-0.3, -0.25) is 9.10 Å². The van der Waals surface area contributed by atoms with E-state index in [1.807, 2.05) is 30.3 Å². The molecule has 2 unspecified atom stereocenters. The van der Waals surface area contributed by atoms with Crippen LogP contribution in [-0.4, -0.2) is 22.5 Å². The average molecular weight is 221 g/mol. The van der Waals surface area contributed by atoms with E-state index in [0.29, 0.717) is 12.5 Å². The molecule has 0 saturated carbocycles. The van der Waals surface area contributed by atoms with E-state index in [1.54, 1.807) is 4.31 Å². The van der Waals surface area contributed by atoms with Gasteiger partial charge >= 0.3 is 0 Å². The Morgan fingerprint density at radius 1 is 1.33 bits per heavy atom. The third-order valence-corrected chi connectivity index (χ3v) is 3.71. The molecule has 15 heavy (non-hydrogen) atoms. The molecule has 0 radical (unpaired) electrons. The Hall–Kier alpha value is -1.00. The first-order valence-corrected chi connectivity index (χ1v) is 5.82. The zero-order chi connectivity index (χ0) is 10.3. The van der Waals surface area contributed by atoms with Crippen LogP contribution in [-0.2, 0) is 9.53 Å². The molecule has 2 fully saturated rings. The highest BCUT2D eigenvalue weighted by Gasteiger charge is 2.49. The topological polar surface area (TPSA) is 32.8 Å². The number of amides is 1. The molecule has 1 amide bonds. The van der Waals surface area contributed by atoms with Gasteiger partial charge in [0.2, 0.25) is 5.91 Å². The lowest BCUT2D eigenvalue weighted by Gasteiger charge is -2.21. The van der Waals surface area contributed by atoms with Gasteiger partial charge in [0.05, 0.1) is 0 Å². The lowest BCUT2D eigenvalue weighted by atomic mass is 10.2. The molecule has 0 bridgehead atoms. The van der Waals surface area contributed by atoms with Crippen LogP contribution in [0.1, 0.15) is 12.8 Å². The van der Waals surface area contributed by atoms with Crippen LogP contribution >= 0.6 is 11.9 Å². The van der Waals surface area contributed by atoms with E-state index in [1.165, 1.54) is 11.9 Å². The number of piperidine rings is 1. The van der Waals surface area contributed by atoms with Gasteiger partial charge in [0.15, 0.2) is 6.23 Å². The summed E-state index contributed by atoms with van der Waals surface area (Å²) in [7, 11) is 0. The summed E-state index contributed by atoms with van der Waals surface area (Å²) in [6, 6.07) is 9.93. The van der Waals surface area contributed by atoms with Gasteiger partial charge in [-0.1, -0.05) is 18.2 Å². The molecule has 1 aromatic rings. The molecule has 2 saturated heterocycles. The van der Waals surface area contributed by atoms with Gasteiger partial charge in [0, 0.05) is 11.3 Å². The molecule has 0 spiro atoms. The molecular weight excluding hydrogens is 210 g/mol. The Kier molecular flexibility index (Phi) is 2.18. The summed E-state index contributed by atoms with van der Waals surface area (Å²) in [4.78, 5) is 12.7. The van der Waals surface area contributed by atoms with Crippen molar-refractivity contribution in [2.45, 2.75) is 30.1 Å². The van der Waals surface area contributed by atoms with Gasteiger partial charge in [-0.2, -0.15) is 0 Å². The van der Waals surface area contributed by atoms with Crippen molar-refractivity contribution in [2.24, 2.45) is 0 Å². The fourth-order valence-corrected chi connectivity index (χ4v) is 2.75. The smallest absolute Gasteiger partial charge is 0.235 e. The van der Waals surface area contributed by atoms with Crippen LogP contribution in [0.15, 0.2) is 35.2 Å². The molecule has 4 heteroatoms. The predicted molar refractivity (Wildman–Crippen MR) is 57.0 cm³/mol. The van der Waals surface area contributed by atoms with Gasteiger partial charge in [-0.05, 0) is 30.5 Å². The lowest BCUT2D eigenvalue weighted by Crippen LogP contribution is -2.32. The fraction of sp³-hybridized carbons (Fsp3) is 0.364. The second-order valence-electron chi connectivity index (χ2n) is 3.73. The van der Waals surface area contributed by atoms with E-state index in [9.17, 15) is 4.79 Å². The second-order valence-corrected chi connectivity index (χ2v) is 4.78. The minimum Gasteiger partial charge on any atom is -0.347 e. The van der Waals surface area contributed by atoms with Crippen LogP contribution in [0.25, 0.3) is 0 Å². The standard InChI is InChI=1S/C11H11NO2S/c13-10-7-6-9-11(14-9)12(10)15-8-4-2-1-3-5-8/h1-5,9,11H,6-7H2. The molecule has 2 heterocycles. The van der Waals surface area contributed by atoms with Crippen LogP contribution in [0.5, 0.6) is 0 Å². The number of carbonyl (C=O) groups excluding carboxylic acids is 1. The van der Waals surface area contributed by atoms with E-state index in [2.05, 4.69) is 0 Å². The molecule has 0 N–H and O–H groups in total. The van der Waals surface area contributed by atoms with Gasteiger partial charge in [-0.25, -0.2) is 0 Å². The zero-order valence-corrected chi connectivity index (χ0v) is 8.94. The predicted octanol–water partition coefficient (Wildman–Crippen LogP) is 2.04. The van der Waals surface area contributed by atoms with Gasteiger partial charge in [0.25, 0.3) is 0 Å². The number of epoxide rings is 1. The van der Waals surface area contributed by atoms with Gasteiger partial charge in [0.1, 0.15) is 6.10 Å². The van der Waals surface area contributed by atoms with Crippen LogP contribution in [0.4, 0.5) is 0 Å². The van der Waals surface area contributed by atoms with Crippen molar-refractivity contribution in [1.82, 2.24) is 4.31 Å². The molecule has 3 nitrogen and oxygen atoms in total. The van der Waals surface area contributed by atoms with Crippen molar-refractivity contribution in [1.29, 1.82) is 0 Å². The van der Waals surface area contributed by atoms with Gasteiger partial charge < -0.3 is 4.74 Å². The summed E-state index contributed by atoms with van der Waals surface area (Å²) in [5.74, 6) is 0.183. The summed E-state index contributed by atoms with van der Waals surface area (Å²) in [5, 5.41) is 0. The fourth-order valence-electron chi connectivity index (χ4n) is 1.77. The van der Waals surface area contributed by atoms with Crippen molar-refractivity contribution < 1.29 is 9.53 Å². The number of carbonyl (C=O) groups is 1.